The Morgan fingerprint density at radius 3 is 2.58 bits per heavy atom. The molecule has 1 unspecified atom stereocenters. The van der Waals surface area contributed by atoms with Crippen molar-refractivity contribution in [3.8, 4) is 0 Å². The van der Waals surface area contributed by atoms with Gasteiger partial charge in [-0.05, 0) is 26.1 Å². The quantitative estimate of drug-likeness (QED) is 0.358. The normalized spacial score (nSPS) is 18.8. The van der Waals surface area contributed by atoms with E-state index in [0.717, 1.165) is 44.7 Å². The van der Waals surface area contributed by atoms with E-state index in [4.69, 9.17) is 12.2 Å². The molecule has 6 nitrogen and oxygen atoms in total. The molecule has 0 saturated carbocycles. The van der Waals surface area contributed by atoms with Gasteiger partial charge in [0.25, 0.3) is 5.69 Å². The van der Waals surface area contributed by atoms with Crippen molar-refractivity contribution in [2.45, 2.75) is 12.5 Å². The van der Waals surface area contributed by atoms with Gasteiger partial charge in [-0.1, -0.05) is 24.4 Å². The van der Waals surface area contributed by atoms with Crippen LogP contribution in [0.2, 0.25) is 0 Å². The summed E-state index contributed by atoms with van der Waals surface area (Å²) in [7, 11) is 4.15. The highest BCUT2D eigenvalue weighted by atomic mass is 32.1. The number of rotatable bonds is 6. The average molecular weight is 369 g/mol. The lowest BCUT2D eigenvalue weighted by atomic mass is 10.0. The number of nitro benzene ring substituents is 1. The molecule has 0 bridgehead atoms. The van der Waals surface area contributed by atoms with Gasteiger partial charge in [0.2, 0.25) is 0 Å². The number of piperazine rings is 1. The van der Waals surface area contributed by atoms with Crippen molar-refractivity contribution in [3.05, 3.63) is 39.9 Å². The highest BCUT2D eigenvalue weighted by Gasteiger charge is 2.27. The lowest BCUT2D eigenvalue weighted by molar-refractivity contribution is -0.384. The number of nitro groups is 1. The fourth-order valence-electron chi connectivity index (χ4n) is 2.92. The zero-order valence-corrected chi connectivity index (χ0v) is 15.8. The topological polar surface area (TPSA) is 52.9 Å². The van der Waals surface area contributed by atoms with Crippen LogP contribution in [0.4, 0.5) is 5.69 Å². The Bertz CT molecular complexity index is 580. The van der Waals surface area contributed by atoms with Crippen molar-refractivity contribution < 1.29 is 4.92 Å². The molecule has 1 aliphatic rings. The largest absolute Gasteiger partial charge is 0.352 e. The molecule has 132 valence electrons. The van der Waals surface area contributed by atoms with E-state index in [0.29, 0.717) is 4.32 Å². The van der Waals surface area contributed by atoms with E-state index in [1.54, 1.807) is 12.1 Å². The van der Waals surface area contributed by atoms with Gasteiger partial charge in [0, 0.05) is 50.9 Å². The predicted octanol–water partition coefficient (Wildman–Crippen LogP) is 1.90. The van der Waals surface area contributed by atoms with Crippen LogP contribution in [-0.4, -0.2) is 76.8 Å². The lowest BCUT2D eigenvalue weighted by Gasteiger charge is -2.42. The standard InChI is InChI=1S/C16H24N4O2S2/c1-17(2)7-8-18-9-10-19(16(23)24)15(12-18)11-13-3-5-14(6-4-13)20(21)22/h3-6,15H,7-12H2,1-2H3,(H,23,24). The Hall–Kier alpha value is -1.22. The fraction of sp³-hybridized carbons (Fsp3) is 0.562. The highest BCUT2D eigenvalue weighted by molar-refractivity contribution is 8.10. The van der Waals surface area contributed by atoms with Crippen molar-refractivity contribution in [2.75, 3.05) is 46.8 Å². The van der Waals surface area contributed by atoms with E-state index in [9.17, 15) is 10.1 Å². The van der Waals surface area contributed by atoms with Crippen LogP contribution in [-0.2, 0) is 6.42 Å². The summed E-state index contributed by atoms with van der Waals surface area (Å²) in [4.78, 5) is 17.2. The molecule has 1 aromatic rings. The van der Waals surface area contributed by atoms with E-state index in [1.165, 1.54) is 0 Å². The molecule has 1 fully saturated rings. The molecule has 1 aromatic carbocycles. The molecule has 0 radical (unpaired) electrons. The Balaban J connectivity index is 2.04. The van der Waals surface area contributed by atoms with Crippen molar-refractivity contribution in [3.63, 3.8) is 0 Å². The van der Waals surface area contributed by atoms with Gasteiger partial charge >= 0.3 is 0 Å². The predicted molar refractivity (Wildman–Crippen MR) is 104 cm³/mol. The van der Waals surface area contributed by atoms with Crippen LogP contribution in [0.5, 0.6) is 0 Å². The summed E-state index contributed by atoms with van der Waals surface area (Å²) < 4.78 is 0.620. The van der Waals surface area contributed by atoms with Gasteiger partial charge in [-0.15, -0.1) is 12.6 Å². The Kier molecular flexibility index (Phi) is 6.97. The summed E-state index contributed by atoms with van der Waals surface area (Å²) in [5.74, 6) is 0. The van der Waals surface area contributed by atoms with Gasteiger partial charge in [0.1, 0.15) is 4.32 Å². The number of thiocarbonyl (C=S) groups is 1. The number of nitrogens with zero attached hydrogens (tertiary/aromatic N) is 4. The monoisotopic (exact) mass is 368 g/mol. The minimum absolute atomic E-state index is 0.122. The van der Waals surface area contributed by atoms with Crippen molar-refractivity contribution in [1.82, 2.24) is 14.7 Å². The highest BCUT2D eigenvalue weighted by Crippen LogP contribution is 2.19. The van der Waals surface area contributed by atoms with Gasteiger partial charge in [-0.3, -0.25) is 15.0 Å². The lowest BCUT2D eigenvalue weighted by Crippen LogP contribution is -2.55. The fourth-order valence-corrected chi connectivity index (χ4v) is 3.42. The number of hydrogen-bond donors (Lipinski definition) is 1. The number of benzene rings is 1. The Morgan fingerprint density at radius 1 is 1.38 bits per heavy atom. The number of likely N-dealkylation sites (N-methyl/N-ethyl adjacent to an activating group) is 1. The molecule has 0 amide bonds. The third-order valence-electron chi connectivity index (χ3n) is 4.29. The van der Waals surface area contributed by atoms with E-state index in [-0.39, 0.29) is 16.7 Å². The maximum atomic E-state index is 10.8. The van der Waals surface area contributed by atoms with E-state index >= 15 is 0 Å². The second-order valence-electron chi connectivity index (χ2n) is 6.36. The van der Waals surface area contributed by atoms with Crippen LogP contribution in [0, 0.1) is 10.1 Å². The number of thiol groups is 1. The zero-order valence-electron chi connectivity index (χ0n) is 14.1. The molecule has 0 aromatic heterocycles. The second-order valence-corrected chi connectivity index (χ2v) is 7.47. The van der Waals surface area contributed by atoms with Crippen molar-refractivity contribution in [2.24, 2.45) is 0 Å². The van der Waals surface area contributed by atoms with Crippen LogP contribution >= 0.6 is 24.8 Å². The number of non-ortho nitro benzene ring substituents is 1. The summed E-state index contributed by atoms with van der Waals surface area (Å²) in [5.41, 5.74) is 1.20. The molecule has 8 heteroatoms. The molecule has 24 heavy (non-hydrogen) atoms. The molecule has 1 atom stereocenters. The second kappa shape index (κ2) is 8.75. The molecule has 1 heterocycles. The summed E-state index contributed by atoms with van der Waals surface area (Å²) in [6.45, 7) is 4.82. The first-order valence-corrected chi connectivity index (χ1v) is 8.82. The summed E-state index contributed by atoms with van der Waals surface area (Å²) in [6, 6.07) is 7.02. The third-order valence-corrected chi connectivity index (χ3v) is 4.79. The SMILES string of the molecule is CN(C)CCN1CCN(C(=S)S)C(Cc2ccc([N+](=O)[O-])cc2)C1. The minimum atomic E-state index is -0.372. The van der Waals surface area contributed by atoms with Gasteiger partial charge < -0.3 is 9.80 Å². The van der Waals surface area contributed by atoms with Crippen LogP contribution in [0.1, 0.15) is 5.56 Å². The first kappa shape index (κ1) is 19.1. The molecule has 1 saturated heterocycles. The maximum Gasteiger partial charge on any atom is 0.269 e. The maximum absolute atomic E-state index is 10.8. The van der Waals surface area contributed by atoms with E-state index < -0.39 is 0 Å². The van der Waals surface area contributed by atoms with Crippen molar-refractivity contribution in [1.29, 1.82) is 0 Å². The third kappa shape index (κ3) is 5.41. The molecule has 1 aliphatic heterocycles. The van der Waals surface area contributed by atoms with Crippen LogP contribution in [0.3, 0.4) is 0 Å². The van der Waals surface area contributed by atoms with Crippen LogP contribution in [0.15, 0.2) is 24.3 Å². The molecule has 0 aliphatic carbocycles. The van der Waals surface area contributed by atoms with Gasteiger partial charge in [0.05, 0.1) is 4.92 Å². The first-order valence-electron chi connectivity index (χ1n) is 7.97. The van der Waals surface area contributed by atoms with Crippen LogP contribution in [0.25, 0.3) is 0 Å². The summed E-state index contributed by atoms with van der Waals surface area (Å²) >= 11 is 9.65. The molecular formula is C16H24N4O2S2. The average Bonchev–Trinajstić information content (AvgIpc) is 2.53. The zero-order chi connectivity index (χ0) is 17.7. The van der Waals surface area contributed by atoms with Gasteiger partial charge in [-0.25, -0.2) is 0 Å². The molecule has 0 N–H and O–H groups in total. The van der Waals surface area contributed by atoms with Gasteiger partial charge in [-0.2, -0.15) is 0 Å². The Labute approximate surface area is 154 Å². The van der Waals surface area contributed by atoms with Gasteiger partial charge in [0.15, 0.2) is 0 Å². The Morgan fingerprint density at radius 2 is 2.04 bits per heavy atom. The van der Waals surface area contributed by atoms with E-state index in [2.05, 4.69) is 41.4 Å². The van der Waals surface area contributed by atoms with Crippen LogP contribution < -0.4 is 0 Å². The van der Waals surface area contributed by atoms with Crippen molar-refractivity contribution >= 4 is 34.9 Å². The molecule has 2 rings (SSSR count). The minimum Gasteiger partial charge on any atom is -0.352 e. The summed E-state index contributed by atoms with van der Waals surface area (Å²) in [6.07, 6.45) is 0.803. The van der Waals surface area contributed by atoms with E-state index in [1.807, 2.05) is 12.1 Å². The molecule has 0 spiro atoms. The summed E-state index contributed by atoms with van der Waals surface area (Å²) in [5, 5.41) is 10.8. The number of hydrogen-bond acceptors (Lipinski definition) is 5. The first-order chi connectivity index (χ1) is 11.4. The smallest absolute Gasteiger partial charge is 0.269 e. The molecular weight excluding hydrogens is 344 g/mol.